The van der Waals surface area contributed by atoms with Crippen molar-refractivity contribution in [2.75, 3.05) is 26.2 Å². The minimum atomic E-state index is -3.84. The van der Waals surface area contributed by atoms with E-state index in [1.54, 1.807) is 17.3 Å². The quantitative estimate of drug-likeness (QED) is 0.532. The second-order valence-corrected chi connectivity index (χ2v) is 8.34. The van der Waals surface area contributed by atoms with E-state index in [-0.39, 0.29) is 29.6 Å². The zero-order valence-electron chi connectivity index (χ0n) is 15.1. The third kappa shape index (κ3) is 4.52. The lowest BCUT2D eigenvalue weighted by molar-refractivity contribution is -0.385. The number of nitrogens with zero attached hydrogens (tertiary/aromatic N) is 4. The van der Waals surface area contributed by atoms with Crippen molar-refractivity contribution in [3.05, 3.63) is 64.5 Å². The molecule has 0 atom stereocenters. The van der Waals surface area contributed by atoms with Gasteiger partial charge in [0.25, 0.3) is 5.69 Å². The summed E-state index contributed by atoms with van der Waals surface area (Å²) in [6.45, 7) is 0.896. The van der Waals surface area contributed by atoms with Crippen molar-refractivity contribution in [2.24, 2.45) is 0 Å². The highest BCUT2D eigenvalue weighted by Crippen LogP contribution is 2.22. The number of amides is 1. The molecule has 10 heteroatoms. The molecule has 28 heavy (non-hydrogen) atoms. The standard InChI is InChI=1S/C18H20N4O5S/c23-18(7-6-15-3-2-8-19-14-15)20-9-11-21(12-10-20)28(26,27)17-5-1-4-16(13-17)22(24)25/h1-5,8,13-14H,6-7,9-12H2. The number of carbonyl (C=O) groups is 1. The summed E-state index contributed by atoms with van der Waals surface area (Å²) in [5.74, 6) is -0.0313. The summed E-state index contributed by atoms with van der Waals surface area (Å²) in [5.41, 5.74) is 0.702. The van der Waals surface area contributed by atoms with Crippen LogP contribution in [0.4, 0.5) is 5.69 Å². The molecule has 9 nitrogen and oxygen atoms in total. The van der Waals surface area contributed by atoms with Crippen LogP contribution in [0.2, 0.25) is 0 Å². The molecule has 0 aliphatic carbocycles. The normalized spacial score (nSPS) is 15.4. The first-order chi connectivity index (χ1) is 13.4. The highest BCUT2D eigenvalue weighted by molar-refractivity contribution is 7.89. The SMILES string of the molecule is O=C(CCc1cccnc1)N1CCN(S(=O)(=O)c2cccc([N+](=O)[O-])c2)CC1. The van der Waals surface area contributed by atoms with Crippen molar-refractivity contribution in [3.63, 3.8) is 0 Å². The van der Waals surface area contributed by atoms with E-state index in [4.69, 9.17) is 0 Å². The number of benzene rings is 1. The summed E-state index contributed by atoms with van der Waals surface area (Å²) >= 11 is 0. The van der Waals surface area contributed by atoms with Gasteiger partial charge in [-0.25, -0.2) is 8.42 Å². The van der Waals surface area contributed by atoms with Crippen LogP contribution in [0.5, 0.6) is 0 Å². The molecular formula is C18H20N4O5S. The van der Waals surface area contributed by atoms with Crippen LogP contribution in [0, 0.1) is 10.1 Å². The lowest BCUT2D eigenvalue weighted by atomic mass is 10.1. The van der Waals surface area contributed by atoms with Gasteiger partial charge in [-0.3, -0.25) is 19.9 Å². The van der Waals surface area contributed by atoms with E-state index in [2.05, 4.69) is 4.98 Å². The molecule has 1 amide bonds. The first-order valence-electron chi connectivity index (χ1n) is 8.79. The molecule has 2 heterocycles. The number of nitro benzene ring substituents is 1. The Morgan fingerprint density at radius 1 is 1.14 bits per heavy atom. The summed E-state index contributed by atoms with van der Waals surface area (Å²) in [6, 6.07) is 8.72. The minimum absolute atomic E-state index is 0.0313. The molecule has 1 aliphatic rings. The van der Waals surface area contributed by atoms with Gasteiger partial charge in [-0.1, -0.05) is 12.1 Å². The Labute approximate surface area is 162 Å². The van der Waals surface area contributed by atoms with Gasteiger partial charge in [0.2, 0.25) is 15.9 Å². The van der Waals surface area contributed by atoms with Crippen molar-refractivity contribution in [2.45, 2.75) is 17.7 Å². The van der Waals surface area contributed by atoms with E-state index in [0.29, 0.717) is 25.9 Å². The molecule has 1 aliphatic heterocycles. The maximum absolute atomic E-state index is 12.7. The average Bonchev–Trinajstić information content (AvgIpc) is 2.73. The van der Waals surface area contributed by atoms with Gasteiger partial charge < -0.3 is 4.90 Å². The van der Waals surface area contributed by atoms with Gasteiger partial charge >= 0.3 is 0 Å². The Bertz CT molecular complexity index is 957. The van der Waals surface area contributed by atoms with Crippen LogP contribution >= 0.6 is 0 Å². The smallest absolute Gasteiger partial charge is 0.270 e. The number of sulfonamides is 1. The van der Waals surface area contributed by atoms with Crippen molar-refractivity contribution >= 4 is 21.6 Å². The fourth-order valence-corrected chi connectivity index (χ4v) is 4.50. The van der Waals surface area contributed by atoms with Crippen molar-refractivity contribution in [1.82, 2.24) is 14.2 Å². The van der Waals surface area contributed by atoms with Crippen LogP contribution in [-0.4, -0.2) is 59.6 Å². The van der Waals surface area contributed by atoms with Gasteiger partial charge in [-0.2, -0.15) is 4.31 Å². The highest BCUT2D eigenvalue weighted by Gasteiger charge is 2.30. The zero-order chi connectivity index (χ0) is 20.1. The van der Waals surface area contributed by atoms with E-state index >= 15 is 0 Å². The summed E-state index contributed by atoms with van der Waals surface area (Å²) < 4.78 is 26.7. The average molecular weight is 404 g/mol. The maximum Gasteiger partial charge on any atom is 0.270 e. The van der Waals surface area contributed by atoms with Crippen LogP contribution in [0.15, 0.2) is 53.7 Å². The van der Waals surface area contributed by atoms with E-state index in [1.165, 1.54) is 22.5 Å². The number of carbonyl (C=O) groups excluding carboxylic acids is 1. The second-order valence-electron chi connectivity index (χ2n) is 6.40. The molecule has 1 saturated heterocycles. The fraction of sp³-hybridized carbons (Fsp3) is 0.333. The zero-order valence-corrected chi connectivity index (χ0v) is 15.9. The Hall–Kier alpha value is -2.85. The van der Waals surface area contributed by atoms with Crippen LogP contribution in [0.3, 0.4) is 0 Å². The summed E-state index contributed by atoms with van der Waals surface area (Å²) in [7, 11) is -3.84. The molecule has 0 unspecified atom stereocenters. The van der Waals surface area contributed by atoms with Crippen LogP contribution in [0.1, 0.15) is 12.0 Å². The maximum atomic E-state index is 12.7. The molecule has 1 aromatic carbocycles. The van der Waals surface area contributed by atoms with E-state index in [9.17, 15) is 23.3 Å². The van der Waals surface area contributed by atoms with Crippen LogP contribution < -0.4 is 0 Å². The van der Waals surface area contributed by atoms with Crippen molar-refractivity contribution in [3.8, 4) is 0 Å². The van der Waals surface area contributed by atoms with Gasteiger partial charge in [0, 0.05) is 57.1 Å². The molecule has 2 aromatic rings. The number of piperazine rings is 1. The number of pyridine rings is 1. The number of hydrogen-bond donors (Lipinski definition) is 0. The number of aryl methyl sites for hydroxylation is 1. The summed E-state index contributed by atoms with van der Waals surface area (Å²) in [6.07, 6.45) is 4.31. The lowest BCUT2D eigenvalue weighted by Crippen LogP contribution is -2.50. The molecule has 0 spiro atoms. The predicted molar refractivity (Wildman–Crippen MR) is 101 cm³/mol. The molecule has 1 fully saturated rings. The number of aromatic nitrogens is 1. The topological polar surface area (TPSA) is 114 Å². The molecule has 0 N–H and O–H groups in total. The number of nitro groups is 1. The van der Waals surface area contributed by atoms with Crippen LogP contribution in [-0.2, 0) is 21.2 Å². The fourth-order valence-electron chi connectivity index (χ4n) is 3.04. The van der Waals surface area contributed by atoms with Gasteiger partial charge in [-0.15, -0.1) is 0 Å². The van der Waals surface area contributed by atoms with E-state index < -0.39 is 14.9 Å². The molecule has 0 saturated carbocycles. The summed E-state index contributed by atoms with van der Waals surface area (Å²) in [5, 5.41) is 10.9. The number of hydrogen-bond acceptors (Lipinski definition) is 6. The van der Waals surface area contributed by atoms with E-state index in [0.717, 1.165) is 11.6 Å². The molecular weight excluding hydrogens is 384 g/mol. The Kier molecular flexibility index (Phi) is 6.00. The lowest BCUT2D eigenvalue weighted by Gasteiger charge is -2.34. The third-order valence-electron chi connectivity index (χ3n) is 4.61. The van der Waals surface area contributed by atoms with Gasteiger partial charge in [0.05, 0.1) is 9.82 Å². The second kappa shape index (κ2) is 8.44. The van der Waals surface area contributed by atoms with Crippen LogP contribution in [0.25, 0.3) is 0 Å². The van der Waals surface area contributed by atoms with Gasteiger partial charge in [0.15, 0.2) is 0 Å². The van der Waals surface area contributed by atoms with Gasteiger partial charge in [0.1, 0.15) is 0 Å². The largest absolute Gasteiger partial charge is 0.340 e. The highest BCUT2D eigenvalue weighted by atomic mass is 32.2. The first-order valence-corrected chi connectivity index (χ1v) is 10.2. The first kappa shape index (κ1) is 19.9. The monoisotopic (exact) mass is 404 g/mol. The predicted octanol–water partition coefficient (Wildman–Crippen LogP) is 1.46. The van der Waals surface area contributed by atoms with Crippen molar-refractivity contribution < 1.29 is 18.1 Å². The molecule has 148 valence electrons. The molecule has 1 aromatic heterocycles. The van der Waals surface area contributed by atoms with Gasteiger partial charge in [-0.05, 0) is 24.1 Å². The molecule has 3 rings (SSSR count). The number of rotatable bonds is 6. The third-order valence-corrected chi connectivity index (χ3v) is 6.50. The number of non-ortho nitro benzene ring substituents is 1. The van der Waals surface area contributed by atoms with Crippen molar-refractivity contribution in [1.29, 1.82) is 0 Å². The Balaban J connectivity index is 1.59. The Morgan fingerprint density at radius 2 is 1.89 bits per heavy atom. The minimum Gasteiger partial charge on any atom is -0.340 e. The van der Waals surface area contributed by atoms with E-state index in [1.807, 2.05) is 12.1 Å². The molecule has 0 bridgehead atoms. The Morgan fingerprint density at radius 3 is 2.54 bits per heavy atom. The summed E-state index contributed by atoms with van der Waals surface area (Å²) in [4.78, 5) is 28.2. The molecule has 0 radical (unpaired) electrons.